The molecular formula is C16H24F3N5O2S. The highest BCUT2D eigenvalue weighted by Gasteiger charge is 2.33. The molecule has 0 aliphatic carbocycles. The summed E-state index contributed by atoms with van der Waals surface area (Å²) in [5.41, 5.74) is -0.908. The Kier molecular flexibility index (Phi) is 7.84. The Balaban J connectivity index is 1.94. The molecule has 1 atom stereocenters. The van der Waals surface area contributed by atoms with E-state index in [9.17, 15) is 18.0 Å². The molecule has 1 aromatic heterocycles. The number of aromatic nitrogens is 1. The number of alkyl halides is 3. The Morgan fingerprint density at radius 1 is 1.41 bits per heavy atom. The summed E-state index contributed by atoms with van der Waals surface area (Å²) in [7, 11) is 3.25. The second-order valence-corrected chi connectivity index (χ2v) is 7.24. The number of ether oxygens (including phenoxy) is 1. The van der Waals surface area contributed by atoms with Crippen LogP contribution in [0.15, 0.2) is 10.4 Å². The topological polar surface area (TPSA) is 78.9 Å². The number of aliphatic imine (C=N–C) groups is 1. The molecule has 1 aliphatic heterocycles. The molecule has 2 rings (SSSR count). The molecule has 11 heteroatoms. The highest BCUT2D eigenvalue weighted by Crippen LogP contribution is 2.29. The number of carbonyl (C=O) groups excluding carboxylic acids is 1. The maximum atomic E-state index is 12.6. The zero-order chi connectivity index (χ0) is 19.9. The van der Waals surface area contributed by atoms with Gasteiger partial charge in [0.25, 0.3) is 0 Å². The van der Waals surface area contributed by atoms with Crippen molar-refractivity contribution in [3.63, 3.8) is 0 Å². The average molecular weight is 407 g/mol. The number of guanidine groups is 1. The fourth-order valence-electron chi connectivity index (χ4n) is 2.32. The fourth-order valence-corrected chi connectivity index (χ4v) is 3.06. The number of likely N-dealkylation sites (N-methyl/N-ethyl adjacent to an activating group) is 1. The SMILES string of the molecule is CN(C)C(=O)CN=C(NCc1nc(C(F)(F)F)cs1)NCC1CCCCO1. The number of rotatable bonds is 6. The highest BCUT2D eigenvalue weighted by molar-refractivity contribution is 7.09. The van der Waals surface area contributed by atoms with Crippen LogP contribution in [0.5, 0.6) is 0 Å². The molecule has 2 N–H and O–H groups in total. The third kappa shape index (κ3) is 7.33. The normalized spacial score (nSPS) is 18.3. The predicted molar refractivity (Wildman–Crippen MR) is 96.5 cm³/mol. The van der Waals surface area contributed by atoms with Gasteiger partial charge in [-0.3, -0.25) is 4.79 Å². The van der Waals surface area contributed by atoms with Crippen LogP contribution in [0, 0.1) is 0 Å². The Hall–Kier alpha value is -1.88. The first-order chi connectivity index (χ1) is 12.8. The van der Waals surface area contributed by atoms with Crippen molar-refractivity contribution in [1.29, 1.82) is 0 Å². The van der Waals surface area contributed by atoms with E-state index >= 15 is 0 Å². The van der Waals surface area contributed by atoms with Crippen LogP contribution in [0.1, 0.15) is 30.0 Å². The minimum absolute atomic E-state index is 0.0481. The van der Waals surface area contributed by atoms with E-state index in [4.69, 9.17) is 4.74 Å². The van der Waals surface area contributed by atoms with E-state index < -0.39 is 11.9 Å². The molecule has 0 aromatic carbocycles. The Labute approximate surface area is 160 Å². The van der Waals surface area contributed by atoms with E-state index in [0.29, 0.717) is 19.1 Å². The van der Waals surface area contributed by atoms with E-state index in [1.807, 2.05) is 0 Å². The summed E-state index contributed by atoms with van der Waals surface area (Å²) in [5.74, 6) is 0.154. The van der Waals surface area contributed by atoms with Gasteiger partial charge in [0.05, 0.1) is 12.6 Å². The smallest absolute Gasteiger partial charge is 0.376 e. The number of thiazole rings is 1. The minimum Gasteiger partial charge on any atom is -0.376 e. The molecule has 27 heavy (non-hydrogen) atoms. The number of amides is 1. The van der Waals surface area contributed by atoms with Gasteiger partial charge >= 0.3 is 6.18 Å². The van der Waals surface area contributed by atoms with Crippen molar-refractivity contribution < 1.29 is 22.7 Å². The van der Waals surface area contributed by atoms with Crippen LogP contribution in [0.4, 0.5) is 13.2 Å². The van der Waals surface area contributed by atoms with Gasteiger partial charge in [-0.05, 0) is 19.3 Å². The van der Waals surface area contributed by atoms with Gasteiger partial charge < -0.3 is 20.3 Å². The minimum atomic E-state index is -4.46. The number of hydrogen-bond acceptors (Lipinski definition) is 5. The van der Waals surface area contributed by atoms with Gasteiger partial charge in [-0.15, -0.1) is 11.3 Å². The van der Waals surface area contributed by atoms with Gasteiger partial charge in [0.1, 0.15) is 11.6 Å². The predicted octanol–water partition coefficient (Wildman–Crippen LogP) is 1.85. The van der Waals surface area contributed by atoms with Gasteiger partial charge in [-0.25, -0.2) is 9.98 Å². The molecular weight excluding hydrogens is 383 g/mol. The van der Waals surface area contributed by atoms with Crippen molar-refractivity contribution in [1.82, 2.24) is 20.5 Å². The molecule has 1 aromatic rings. The van der Waals surface area contributed by atoms with Gasteiger partial charge in [0.15, 0.2) is 11.7 Å². The Bertz CT molecular complexity index is 642. The largest absolute Gasteiger partial charge is 0.434 e. The quantitative estimate of drug-likeness (QED) is 0.556. The molecule has 1 aliphatic rings. The Morgan fingerprint density at radius 2 is 2.19 bits per heavy atom. The first-order valence-corrected chi connectivity index (χ1v) is 9.49. The lowest BCUT2D eigenvalue weighted by Gasteiger charge is -2.23. The molecule has 1 saturated heterocycles. The molecule has 0 radical (unpaired) electrons. The van der Waals surface area contributed by atoms with Crippen LogP contribution in [0.2, 0.25) is 0 Å². The second-order valence-electron chi connectivity index (χ2n) is 6.30. The van der Waals surface area contributed by atoms with Crippen LogP contribution >= 0.6 is 11.3 Å². The summed E-state index contributed by atoms with van der Waals surface area (Å²) in [5, 5.41) is 7.28. The first kappa shape index (κ1) is 21.4. The molecule has 7 nitrogen and oxygen atoms in total. The third-order valence-corrected chi connectivity index (χ3v) is 4.74. The van der Waals surface area contributed by atoms with Crippen LogP contribution in [-0.2, 0) is 22.3 Å². The number of nitrogens with zero attached hydrogens (tertiary/aromatic N) is 3. The van der Waals surface area contributed by atoms with E-state index in [2.05, 4.69) is 20.6 Å². The van der Waals surface area contributed by atoms with Gasteiger partial charge in [0.2, 0.25) is 5.91 Å². The van der Waals surface area contributed by atoms with Crippen LogP contribution in [-0.4, -0.2) is 61.6 Å². The lowest BCUT2D eigenvalue weighted by Crippen LogP contribution is -2.43. The number of halogens is 3. The molecule has 1 fully saturated rings. The monoisotopic (exact) mass is 407 g/mol. The van der Waals surface area contributed by atoms with Crippen molar-refractivity contribution in [2.45, 2.75) is 38.1 Å². The van der Waals surface area contributed by atoms with Gasteiger partial charge in [-0.1, -0.05) is 0 Å². The zero-order valence-corrected chi connectivity index (χ0v) is 16.1. The first-order valence-electron chi connectivity index (χ1n) is 8.61. The third-order valence-electron chi connectivity index (χ3n) is 3.89. The summed E-state index contributed by atoms with van der Waals surface area (Å²) < 4.78 is 43.6. The molecule has 0 spiro atoms. The van der Waals surface area contributed by atoms with E-state index in [1.165, 1.54) is 4.90 Å². The van der Waals surface area contributed by atoms with E-state index in [0.717, 1.165) is 36.0 Å². The molecule has 2 heterocycles. The molecule has 1 unspecified atom stereocenters. The molecule has 1 amide bonds. The number of carbonyl (C=O) groups is 1. The van der Waals surface area contributed by atoms with Crippen LogP contribution in [0.25, 0.3) is 0 Å². The van der Waals surface area contributed by atoms with Crippen LogP contribution < -0.4 is 10.6 Å². The summed E-state index contributed by atoms with van der Waals surface area (Å²) in [4.78, 5) is 20.9. The van der Waals surface area contributed by atoms with Gasteiger partial charge in [-0.2, -0.15) is 13.2 Å². The highest BCUT2D eigenvalue weighted by atomic mass is 32.1. The average Bonchev–Trinajstić information content (AvgIpc) is 3.11. The molecule has 152 valence electrons. The maximum Gasteiger partial charge on any atom is 0.434 e. The van der Waals surface area contributed by atoms with Crippen molar-refractivity contribution in [2.75, 3.05) is 33.8 Å². The van der Waals surface area contributed by atoms with Crippen LogP contribution in [0.3, 0.4) is 0 Å². The number of nitrogens with one attached hydrogen (secondary N) is 2. The lowest BCUT2D eigenvalue weighted by atomic mass is 10.1. The van der Waals surface area contributed by atoms with Crippen molar-refractivity contribution in [2.24, 2.45) is 4.99 Å². The number of hydrogen-bond donors (Lipinski definition) is 2. The lowest BCUT2D eigenvalue weighted by molar-refractivity contribution is -0.140. The summed E-state index contributed by atoms with van der Waals surface area (Å²) in [6.07, 6.45) is -1.35. The van der Waals surface area contributed by atoms with E-state index in [1.54, 1.807) is 14.1 Å². The Morgan fingerprint density at radius 3 is 2.78 bits per heavy atom. The molecule has 0 bridgehead atoms. The van der Waals surface area contributed by atoms with Crippen molar-refractivity contribution >= 4 is 23.2 Å². The summed E-state index contributed by atoms with van der Waals surface area (Å²) in [6.45, 7) is 1.23. The maximum absolute atomic E-state index is 12.6. The second kappa shape index (κ2) is 9.88. The zero-order valence-electron chi connectivity index (χ0n) is 15.3. The van der Waals surface area contributed by atoms with Gasteiger partial charge in [0, 0.05) is 32.6 Å². The van der Waals surface area contributed by atoms with E-state index in [-0.39, 0.29) is 30.1 Å². The fraction of sp³-hybridized carbons (Fsp3) is 0.688. The standard InChI is InChI=1S/C16H24F3N5O2S/c1-24(2)14(25)9-22-15(20-7-11-5-3-4-6-26-11)21-8-13-23-12(10-27-13)16(17,18)19/h10-11H,3-9H2,1-2H3,(H2,20,21,22). The summed E-state index contributed by atoms with van der Waals surface area (Å²) >= 11 is 0.918. The summed E-state index contributed by atoms with van der Waals surface area (Å²) in [6, 6.07) is 0. The van der Waals surface area contributed by atoms with Crippen molar-refractivity contribution in [3.05, 3.63) is 16.1 Å². The molecule has 0 saturated carbocycles. The van der Waals surface area contributed by atoms with Crippen molar-refractivity contribution in [3.8, 4) is 0 Å².